The molecule has 0 bridgehead atoms. The number of hydrogen-bond acceptors (Lipinski definition) is 4. The van der Waals surface area contributed by atoms with Crippen LogP contribution in [-0.2, 0) is 11.3 Å². The van der Waals surface area contributed by atoms with Gasteiger partial charge in [-0.1, -0.05) is 11.6 Å². The largest absolute Gasteiger partial charge is 0.415 e. The Bertz CT molecular complexity index is 881. The number of carbonyl (C=O) groups excluding carboxylic acids is 1. The zero-order valence-electron chi connectivity index (χ0n) is 14.0. The molecule has 1 aromatic heterocycles. The number of halogens is 2. The molecule has 134 valence electrons. The molecule has 1 unspecified atom stereocenters. The molecule has 1 amide bonds. The average Bonchev–Trinajstić information content (AvgIpc) is 3.05. The smallest absolute Gasteiger partial charge is 0.279 e. The molecule has 3 aromatic rings. The van der Waals surface area contributed by atoms with Crippen LogP contribution in [0.15, 0.2) is 52.9 Å². The van der Waals surface area contributed by atoms with Crippen molar-refractivity contribution in [2.24, 2.45) is 0 Å². The number of hydrogen-bond donors (Lipinski definition) is 2. The molecule has 0 aliphatic rings. The third-order valence-corrected chi connectivity index (χ3v) is 3.85. The second-order valence-electron chi connectivity index (χ2n) is 5.87. The van der Waals surface area contributed by atoms with Gasteiger partial charge in [-0.15, -0.1) is 10.2 Å². The fourth-order valence-electron chi connectivity index (χ4n) is 2.37. The van der Waals surface area contributed by atoms with Crippen molar-refractivity contribution in [2.45, 2.75) is 6.54 Å². The van der Waals surface area contributed by atoms with Gasteiger partial charge in [-0.3, -0.25) is 4.79 Å². The highest BCUT2D eigenvalue weighted by atomic mass is 35.5. The van der Waals surface area contributed by atoms with Gasteiger partial charge in [0.2, 0.25) is 5.89 Å². The summed E-state index contributed by atoms with van der Waals surface area (Å²) >= 11 is 5.86. The van der Waals surface area contributed by atoms with Crippen LogP contribution < -0.4 is 10.2 Å². The second kappa shape index (κ2) is 8.07. The summed E-state index contributed by atoms with van der Waals surface area (Å²) in [6.07, 6.45) is 0. The molecule has 2 aromatic carbocycles. The molecule has 0 saturated heterocycles. The zero-order valence-corrected chi connectivity index (χ0v) is 14.8. The van der Waals surface area contributed by atoms with E-state index in [2.05, 4.69) is 15.5 Å². The number of aromatic nitrogens is 2. The first-order chi connectivity index (χ1) is 12.5. The maximum Gasteiger partial charge on any atom is 0.279 e. The van der Waals surface area contributed by atoms with Crippen LogP contribution in [0.4, 0.5) is 10.1 Å². The number of amides is 1. The molecule has 1 atom stereocenters. The van der Waals surface area contributed by atoms with E-state index in [0.717, 1.165) is 10.5 Å². The topological polar surface area (TPSA) is 72.5 Å². The van der Waals surface area contributed by atoms with Crippen molar-refractivity contribution in [3.8, 4) is 11.5 Å². The lowest BCUT2D eigenvalue weighted by Crippen LogP contribution is -3.08. The molecule has 0 spiro atoms. The summed E-state index contributed by atoms with van der Waals surface area (Å²) < 4.78 is 18.5. The zero-order chi connectivity index (χ0) is 18.5. The van der Waals surface area contributed by atoms with E-state index in [-0.39, 0.29) is 18.3 Å². The number of carbonyl (C=O) groups is 1. The Labute approximate surface area is 154 Å². The van der Waals surface area contributed by atoms with E-state index in [0.29, 0.717) is 29.0 Å². The van der Waals surface area contributed by atoms with Gasteiger partial charge in [0, 0.05) is 16.3 Å². The summed E-state index contributed by atoms with van der Waals surface area (Å²) in [6, 6.07) is 12.7. The van der Waals surface area contributed by atoms with Crippen molar-refractivity contribution in [3.63, 3.8) is 0 Å². The summed E-state index contributed by atoms with van der Waals surface area (Å²) in [6.45, 7) is 0.605. The van der Waals surface area contributed by atoms with E-state index in [9.17, 15) is 9.18 Å². The number of benzene rings is 2. The summed E-state index contributed by atoms with van der Waals surface area (Å²) in [7, 11) is 1.84. The summed E-state index contributed by atoms with van der Waals surface area (Å²) in [4.78, 5) is 12.9. The van der Waals surface area contributed by atoms with Crippen LogP contribution in [0.1, 0.15) is 5.89 Å². The number of likely N-dealkylation sites (N-methyl/N-ethyl adjacent to an activating group) is 1. The van der Waals surface area contributed by atoms with Gasteiger partial charge in [-0.2, -0.15) is 0 Å². The van der Waals surface area contributed by atoms with Crippen molar-refractivity contribution in [2.75, 3.05) is 18.9 Å². The van der Waals surface area contributed by atoms with Gasteiger partial charge in [0.05, 0.1) is 7.05 Å². The van der Waals surface area contributed by atoms with Gasteiger partial charge in [0.15, 0.2) is 13.1 Å². The second-order valence-corrected chi connectivity index (χ2v) is 6.31. The van der Waals surface area contributed by atoms with Crippen molar-refractivity contribution < 1.29 is 18.5 Å². The number of rotatable bonds is 6. The van der Waals surface area contributed by atoms with E-state index in [1.807, 2.05) is 7.05 Å². The quantitative estimate of drug-likeness (QED) is 0.692. The van der Waals surface area contributed by atoms with E-state index >= 15 is 0 Å². The summed E-state index contributed by atoms with van der Waals surface area (Å²) in [5, 5.41) is 11.4. The van der Waals surface area contributed by atoms with Crippen LogP contribution in [0, 0.1) is 5.82 Å². The number of nitrogens with one attached hydrogen (secondary N) is 2. The molecule has 1 heterocycles. The highest BCUT2D eigenvalue weighted by molar-refractivity contribution is 6.30. The fourth-order valence-corrected chi connectivity index (χ4v) is 2.49. The molecule has 0 aliphatic carbocycles. The lowest BCUT2D eigenvalue weighted by molar-refractivity contribution is -0.886. The van der Waals surface area contributed by atoms with Crippen LogP contribution >= 0.6 is 11.6 Å². The molecule has 26 heavy (non-hydrogen) atoms. The first-order valence-corrected chi connectivity index (χ1v) is 8.32. The van der Waals surface area contributed by atoms with Gasteiger partial charge in [-0.05, 0) is 48.5 Å². The third kappa shape index (κ3) is 4.87. The normalized spacial score (nSPS) is 12.0. The lowest BCUT2D eigenvalue weighted by atomic mass is 10.2. The van der Waals surface area contributed by atoms with Crippen LogP contribution in [0.5, 0.6) is 0 Å². The van der Waals surface area contributed by atoms with Crippen molar-refractivity contribution in [1.29, 1.82) is 0 Å². The molecular weight excluding hydrogens is 359 g/mol. The summed E-state index contributed by atoms with van der Waals surface area (Å²) in [5.41, 5.74) is 1.33. The third-order valence-electron chi connectivity index (χ3n) is 3.60. The van der Waals surface area contributed by atoms with Gasteiger partial charge >= 0.3 is 0 Å². The highest BCUT2D eigenvalue weighted by Crippen LogP contribution is 2.19. The standard InChI is InChI=1S/C18H16ClFN4O2/c1-24(10-16(25)21-15-8-6-14(20)7-9-15)11-17-22-23-18(26-17)12-2-4-13(19)5-3-12/h2-9H,10-11H2,1H3,(H,21,25)/p+1. The minimum Gasteiger partial charge on any atom is -0.415 e. The van der Waals surface area contributed by atoms with E-state index in [4.69, 9.17) is 16.0 Å². The maximum absolute atomic E-state index is 12.9. The Balaban J connectivity index is 1.54. The van der Waals surface area contributed by atoms with Crippen LogP contribution in [0.25, 0.3) is 11.5 Å². The van der Waals surface area contributed by atoms with E-state index in [1.165, 1.54) is 24.3 Å². The molecule has 6 nitrogen and oxygen atoms in total. The fraction of sp³-hybridized carbons (Fsp3) is 0.167. The molecule has 0 radical (unpaired) electrons. The highest BCUT2D eigenvalue weighted by Gasteiger charge is 2.16. The first kappa shape index (κ1) is 18.0. The van der Waals surface area contributed by atoms with E-state index in [1.54, 1.807) is 24.3 Å². The minimum absolute atomic E-state index is 0.188. The van der Waals surface area contributed by atoms with Gasteiger partial charge in [-0.25, -0.2) is 4.39 Å². The van der Waals surface area contributed by atoms with Gasteiger partial charge in [0.25, 0.3) is 11.8 Å². The first-order valence-electron chi connectivity index (χ1n) is 7.94. The van der Waals surface area contributed by atoms with Crippen molar-refractivity contribution in [3.05, 3.63) is 65.3 Å². The Morgan fingerprint density at radius 2 is 1.85 bits per heavy atom. The molecular formula is C18H17ClFN4O2+. The SMILES string of the molecule is C[NH+](CC(=O)Nc1ccc(F)cc1)Cc1nnc(-c2ccc(Cl)cc2)o1. The van der Waals surface area contributed by atoms with Crippen molar-refractivity contribution >= 4 is 23.2 Å². The van der Waals surface area contributed by atoms with Crippen LogP contribution in [0.3, 0.4) is 0 Å². The van der Waals surface area contributed by atoms with Crippen LogP contribution in [0.2, 0.25) is 5.02 Å². The van der Waals surface area contributed by atoms with Crippen molar-refractivity contribution in [1.82, 2.24) is 10.2 Å². The molecule has 0 aliphatic heterocycles. The molecule has 2 N–H and O–H groups in total. The predicted octanol–water partition coefficient (Wildman–Crippen LogP) is 2.18. The maximum atomic E-state index is 12.9. The Morgan fingerprint density at radius 3 is 2.54 bits per heavy atom. The van der Waals surface area contributed by atoms with Crippen LogP contribution in [-0.4, -0.2) is 29.7 Å². The lowest BCUT2D eigenvalue weighted by Gasteiger charge is -2.11. The number of quaternary nitrogens is 1. The Morgan fingerprint density at radius 1 is 1.15 bits per heavy atom. The van der Waals surface area contributed by atoms with Gasteiger partial charge < -0.3 is 14.6 Å². The monoisotopic (exact) mass is 375 g/mol. The van der Waals surface area contributed by atoms with Gasteiger partial charge in [0.1, 0.15) is 5.82 Å². The molecule has 0 saturated carbocycles. The molecule has 8 heteroatoms. The minimum atomic E-state index is -0.348. The average molecular weight is 376 g/mol. The number of anilines is 1. The Hall–Kier alpha value is -2.77. The summed E-state index contributed by atoms with van der Waals surface area (Å²) in [5.74, 6) is 0.299. The number of nitrogens with zero attached hydrogens (tertiary/aromatic N) is 2. The Kier molecular flexibility index (Phi) is 5.60. The molecule has 3 rings (SSSR count). The predicted molar refractivity (Wildman–Crippen MR) is 95.2 cm³/mol. The van der Waals surface area contributed by atoms with E-state index < -0.39 is 0 Å². The molecule has 0 fully saturated rings.